The second-order valence-corrected chi connectivity index (χ2v) is 4.74. The van der Waals surface area contributed by atoms with Crippen LogP contribution in [0.15, 0.2) is 53.6 Å². The van der Waals surface area contributed by atoms with Crippen LogP contribution in [0.3, 0.4) is 0 Å². The Balaban J connectivity index is 2.14. The maximum Gasteiger partial charge on any atom is 0.337 e. The molecule has 0 aliphatic carbocycles. The Bertz CT molecular complexity index is 911. The van der Waals surface area contributed by atoms with Gasteiger partial charge in [0.2, 0.25) is 0 Å². The topological polar surface area (TPSA) is 90.0 Å². The van der Waals surface area contributed by atoms with Gasteiger partial charge in [-0.25, -0.2) is 9.48 Å². The molecule has 110 valence electrons. The second-order valence-electron chi connectivity index (χ2n) is 4.74. The van der Waals surface area contributed by atoms with Gasteiger partial charge in [0.15, 0.2) is 0 Å². The van der Waals surface area contributed by atoms with Crippen molar-refractivity contribution >= 4 is 5.97 Å². The first kappa shape index (κ1) is 13.7. The van der Waals surface area contributed by atoms with Crippen LogP contribution in [0.25, 0.3) is 11.4 Å². The van der Waals surface area contributed by atoms with Crippen molar-refractivity contribution in [1.82, 2.24) is 19.6 Å². The number of aromatic nitrogens is 4. The highest BCUT2D eigenvalue weighted by atomic mass is 16.4. The van der Waals surface area contributed by atoms with Crippen molar-refractivity contribution in [1.29, 1.82) is 0 Å². The molecule has 0 spiro atoms. The van der Waals surface area contributed by atoms with Crippen LogP contribution in [0.2, 0.25) is 0 Å². The Labute approximate surface area is 125 Å². The summed E-state index contributed by atoms with van der Waals surface area (Å²) in [7, 11) is 0. The van der Waals surface area contributed by atoms with Crippen LogP contribution < -0.4 is 5.56 Å². The maximum absolute atomic E-state index is 12.0. The molecule has 22 heavy (non-hydrogen) atoms. The first-order valence-electron chi connectivity index (χ1n) is 6.50. The van der Waals surface area contributed by atoms with Crippen LogP contribution >= 0.6 is 0 Å². The van der Waals surface area contributed by atoms with E-state index < -0.39 is 5.97 Å². The summed E-state index contributed by atoms with van der Waals surface area (Å²) in [6.45, 7) is 1.86. The number of carboxylic acid groups (broad SMARTS) is 1. The van der Waals surface area contributed by atoms with Crippen LogP contribution in [0.1, 0.15) is 16.1 Å². The van der Waals surface area contributed by atoms with E-state index in [1.807, 2.05) is 13.0 Å². The van der Waals surface area contributed by atoms with E-state index in [0.29, 0.717) is 5.69 Å². The lowest BCUT2D eigenvalue weighted by molar-refractivity contribution is 0.0696. The minimum atomic E-state index is -1.09. The molecule has 2 aromatic heterocycles. The Hall–Kier alpha value is -3.22. The van der Waals surface area contributed by atoms with Gasteiger partial charge in [0, 0.05) is 12.3 Å². The SMILES string of the molecule is Cc1cnnn1-c1cccc(-n2cc(C(=O)O)ccc2=O)c1. The van der Waals surface area contributed by atoms with Gasteiger partial charge in [0.1, 0.15) is 0 Å². The maximum atomic E-state index is 12.0. The van der Waals surface area contributed by atoms with Crippen LogP contribution in [0, 0.1) is 6.92 Å². The predicted octanol–water partition coefficient (Wildman–Crippen LogP) is 1.42. The summed E-state index contributed by atoms with van der Waals surface area (Å²) in [6.07, 6.45) is 2.93. The molecule has 7 heteroatoms. The number of aryl methyl sites for hydroxylation is 1. The van der Waals surface area contributed by atoms with E-state index in [1.54, 1.807) is 29.1 Å². The normalized spacial score (nSPS) is 10.6. The van der Waals surface area contributed by atoms with Crippen molar-refractivity contribution in [3.63, 3.8) is 0 Å². The predicted molar refractivity (Wildman–Crippen MR) is 78.7 cm³/mol. The van der Waals surface area contributed by atoms with E-state index in [4.69, 9.17) is 5.11 Å². The number of hydrogen-bond acceptors (Lipinski definition) is 4. The summed E-state index contributed by atoms with van der Waals surface area (Å²) >= 11 is 0. The van der Waals surface area contributed by atoms with E-state index in [0.717, 1.165) is 11.4 Å². The fourth-order valence-corrected chi connectivity index (χ4v) is 2.13. The first-order chi connectivity index (χ1) is 10.6. The van der Waals surface area contributed by atoms with Gasteiger partial charge in [0.05, 0.1) is 28.8 Å². The highest BCUT2D eigenvalue weighted by Crippen LogP contribution is 2.14. The van der Waals surface area contributed by atoms with Crippen molar-refractivity contribution < 1.29 is 9.90 Å². The standard InChI is InChI=1S/C15H12N4O3/c1-10-8-16-17-19(10)13-4-2-3-12(7-13)18-9-11(15(21)22)5-6-14(18)20/h2-9H,1H3,(H,21,22). The molecule has 1 N–H and O–H groups in total. The molecule has 3 rings (SSSR count). The van der Waals surface area contributed by atoms with Gasteiger partial charge in [-0.15, -0.1) is 5.10 Å². The summed E-state index contributed by atoms with van der Waals surface area (Å²) < 4.78 is 2.93. The highest BCUT2D eigenvalue weighted by Gasteiger charge is 2.08. The molecule has 1 aromatic carbocycles. The molecule has 0 saturated carbocycles. The summed E-state index contributed by atoms with van der Waals surface area (Å²) in [4.78, 5) is 23.1. The first-order valence-corrected chi connectivity index (χ1v) is 6.50. The average Bonchev–Trinajstić information content (AvgIpc) is 2.94. The molecule has 3 aromatic rings. The molecular formula is C15H12N4O3. The summed E-state index contributed by atoms with van der Waals surface area (Å²) in [5.74, 6) is -1.09. The summed E-state index contributed by atoms with van der Waals surface area (Å²) in [5, 5.41) is 16.8. The third-order valence-electron chi connectivity index (χ3n) is 3.23. The van der Waals surface area contributed by atoms with Crippen LogP contribution in [-0.4, -0.2) is 30.6 Å². The Morgan fingerprint density at radius 1 is 1.18 bits per heavy atom. The molecular weight excluding hydrogens is 284 g/mol. The van der Waals surface area contributed by atoms with Crippen LogP contribution in [0.4, 0.5) is 0 Å². The lowest BCUT2D eigenvalue weighted by Crippen LogP contribution is -2.18. The fourth-order valence-electron chi connectivity index (χ4n) is 2.13. The quantitative estimate of drug-likeness (QED) is 0.789. The van der Waals surface area contributed by atoms with Crippen molar-refractivity contribution in [3.8, 4) is 11.4 Å². The molecule has 0 saturated heterocycles. The fraction of sp³-hybridized carbons (Fsp3) is 0.0667. The smallest absolute Gasteiger partial charge is 0.337 e. The number of carbonyl (C=O) groups is 1. The van der Waals surface area contributed by atoms with E-state index >= 15 is 0 Å². The molecule has 0 fully saturated rings. The van der Waals surface area contributed by atoms with Crippen molar-refractivity contribution in [2.75, 3.05) is 0 Å². The Kier molecular flexibility index (Phi) is 3.30. The molecule has 2 heterocycles. The molecule has 7 nitrogen and oxygen atoms in total. The van der Waals surface area contributed by atoms with Gasteiger partial charge in [-0.2, -0.15) is 0 Å². The monoisotopic (exact) mass is 296 g/mol. The van der Waals surface area contributed by atoms with Crippen molar-refractivity contribution in [2.45, 2.75) is 6.92 Å². The van der Waals surface area contributed by atoms with Gasteiger partial charge in [0.25, 0.3) is 5.56 Å². The highest BCUT2D eigenvalue weighted by molar-refractivity contribution is 5.87. The third-order valence-corrected chi connectivity index (χ3v) is 3.23. The largest absolute Gasteiger partial charge is 0.478 e. The molecule has 0 aliphatic rings. The average molecular weight is 296 g/mol. The van der Waals surface area contributed by atoms with Gasteiger partial charge < -0.3 is 5.11 Å². The van der Waals surface area contributed by atoms with E-state index in [1.165, 1.54) is 22.9 Å². The molecule has 0 atom stereocenters. The van der Waals surface area contributed by atoms with E-state index in [-0.39, 0.29) is 11.1 Å². The van der Waals surface area contributed by atoms with Gasteiger partial charge in [-0.05, 0) is 31.2 Å². The number of pyridine rings is 1. The zero-order valence-corrected chi connectivity index (χ0v) is 11.7. The van der Waals surface area contributed by atoms with E-state index in [9.17, 15) is 9.59 Å². The van der Waals surface area contributed by atoms with Gasteiger partial charge in [-0.3, -0.25) is 9.36 Å². The summed E-state index contributed by atoms with van der Waals surface area (Å²) in [6, 6.07) is 9.59. The Morgan fingerprint density at radius 3 is 2.64 bits per heavy atom. The lowest BCUT2D eigenvalue weighted by atomic mass is 10.2. The number of benzene rings is 1. The van der Waals surface area contributed by atoms with E-state index in [2.05, 4.69) is 10.3 Å². The second kappa shape index (κ2) is 5.28. The Morgan fingerprint density at radius 2 is 1.95 bits per heavy atom. The number of hydrogen-bond donors (Lipinski definition) is 1. The number of aromatic carboxylic acids is 1. The van der Waals surface area contributed by atoms with Crippen LogP contribution in [0.5, 0.6) is 0 Å². The molecule has 0 unspecified atom stereocenters. The zero-order chi connectivity index (χ0) is 15.7. The number of carboxylic acids is 1. The van der Waals surface area contributed by atoms with Gasteiger partial charge in [-0.1, -0.05) is 11.3 Å². The number of rotatable bonds is 3. The minimum absolute atomic E-state index is 0.0435. The van der Waals surface area contributed by atoms with Crippen LogP contribution in [-0.2, 0) is 0 Å². The zero-order valence-electron chi connectivity index (χ0n) is 11.7. The molecule has 0 aliphatic heterocycles. The van der Waals surface area contributed by atoms with Gasteiger partial charge >= 0.3 is 5.97 Å². The molecule has 0 radical (unpaired) electrons. The summed E-state index contributed by atoms with van der Waals surface area (Å²) in [5.41, 5.74) is 1.88. The van der Waals surface area contributed by atoms with Crippen molar-refractivity contribution in [3.05, 3.63) is 70.4 Å². The third kappa shape index (κ3) is 2.39. The lowest BCUT2D eigenvalue weighted by Gasteiger charge is -2.09. The minimum Gasteiger partial charge on any atom is -0.478 e. The number of nitrogens with zero attached hydrogens (tertiary/aromatic N) is 4. The van der Waals surface area contributed by atoms with Crippen molar-refractivity contribution in [2.24, 2.45) is 0 Å². The molecule has 0 amide bonds. The molecule has 0 bridgehead atoms.